The number of nitrogens with one attached hydrogen (secondary N) is 2. The van der Waals surface area contributed by atoms with Crippen molar-refractivity contribution in [3.63, 3.8) is 0 Å². The summed E-state index contributed by atoms with van der Waals surface area (Å²) < 4.78 is 21.4. The predicted octanol–water partition coefficient (Wildman–Crippen LogP) is 1.72. The van der Waals surface area contributed by atoms with Crippen molar-refractivity contribution in [3.05, 3.63) is 110 Å². The van der Waals surface area contributed by atoms with E-state index in [4.69, 9.17) is 4.74 Å². The first-order valence-corrected chi connectivity index (χ1v) is 11.1. The third kappa shape index (κ3) is 5.14. The van der Waals surface area contributed by atoms with Gasteiger partial charge in [0.1, 0.15) is 17.1 Å². The highest BCUT2D eigenvalue weighted by molar-refractivity contribution is 5.93. The minimum Gasteiger partial charge on any atom is -0.494 e. The number of rotatable bonds is 8. The van der Waals surface area contributed by atoms with Crippen LogP contribution in [0.4, 0.5) is 4.39 Å². The number of amides is 1. The standard InChI is InChI=1S/C25H22FN5O5/c1-2-36-17-9-7-16(8-10-17)20-13-22(32)30(15-29-20)12-11-27-23(33)18-14-28-25(35)31(24(18)34)21-6-4-3-5-19(21)26/h3-10,13-15H,2,11-12H2,1H3,(H,27,33)(H,28,35). The first-order chi connectivity index (χ1) is 17.4. The summed E-state index contributed by atoms with van der Waals surface area (Å²) in [5.74, 6) is -0.856. The Balaban J connectivity index is 1.45. The molecule has 0 aliphatic heterocycles. The number of hydrogen-bond acceptors (Lipinski definition) is 6. The van der Waals surface area contributed by atoms with Gasteiger partial charge in [-0.1, -0.05) is 12.1 Å². The van der Waals surface area contributed by atoms with E-state index in [-0.39, 0.29) is 29.9 Å². The molecule has 2 heterocycles. The zero-order valence-electron chi connectivity index (χ0n) is 19.2. The molecule has 0 saturated heterocycles. The Morgan fingerprint density at radius 1 is 1.11 bits per heavy atom. The Bertz CT molecular complexity index is 1570. The highest BCUT2D eigenvalue weighted by atomic mass is 19.1. The third-order valence-corrected chi connectivity index (χ3v) is 5.29. The van der Waals surface area contributed by atoms with Crippen LogP contribution in [-0.4, -0.2) is 38.2 Å². The number of nitrogens with zero attached hydrogens (tertiary/aromatic N) is 3. The number of para-hydroxylation sites is 1. The first kappa shape index (κ1) is 24.3. The summed E-state index contributed by atoms with van der Waals surface area (Å²) >= 11 is 0. The van der Waals surface area contributed by atoms with Gasteiger partial charge in [0.25, 0.3) is 17.0 Å². The van der Waals surface area contributed by atoms with E-state index in [0.717, 1.165) is 17.8 Å². The van der Waals surface area contributed by atoms with Gasteiger partial charge in [-0.15, -0.1) is 0 Å². The second kappa shape index (κ2) is 10.6. The van der Waals surface area contributed by atoms with Crippen LogP contribution in [0.2, 0.25) is 0 Å². The average Bonchev–Trinajstić information content (AvgIpc) is 2.87. The Labute approximate surface area is 203 Å². The largest absolute Gasteiger partial charge is 0.494 e. The first-order valence-electron chi connectivity index (χ1n) is 11.1. The number of aromatic nitrogens is 4. The smallest absolute Gasteiger partial charge is 0.333 e. The van der Waals surface area contributed by atoms with Gasteiger partial charge in [0.2, 0.25) is 0 Å². The molecule has 10 nitrogen and oxygen atoms in total. The molecule has 4 rings (SSSR count). The van der Waals surface area contributed by atoms with Crippen molar-refractivity contribution >= 4 is 5.91 Å². The molecule has 0 aliphatic rings. The van der Waals surface area contributed by atoms with E-state index >= 15 is 0 Å². The van der Waals surface area contributed by atoms with E-state index in [1.807, 2.05) is 6.92 Å². The Morgan fingerprint density at radius 3 is 2.56 bits per heavy atom. The van der Waals surface area contributed by atoms with E-state index in [1.165, 1.54) is 35.2 Å². The van der Waals surface area contributed by atoms with Crippen LogP contribution in [0.3, 0.4) is 0 Å². The van der Waals surface area contributed by atoms with Gasteiger partial charge in [0.05, 0.1) is 24.3 Å². The monoisotopic (exact) mass is 491 g/mol. The highest BCUT2D eigenvalue weighted by Crippen LogP contribution is 2.19. The summed E-state index contributed by atoms with van der Waals surface area (Å²) in [4.78, 5) is 56.5. The van der Waals surface area contributed by atoms with Crippen LogP contribution in [0.25, 0.3) is 16.9 Å². The van der Waals surface area contributed by atoms with Crippen LogP contribution in [0.1, 0.15) is 17.3 Å². The van der Waals surface area contributed by atoms with Crippen LogP contribution in [0.5, 0.6) is 5.75 Å². The lowest BCUT2D eigenvalue weighted by atomic mass is 10.1. The van der Waals surface area contributed by atoms with E-state index in [9.17, 15) is 23.6 Å². The molecule has 0 fully saturated rings. The molecule has 2 aromatic carbocycles. The lowest BCUT2D eigenvalue weighted by Gasteiger charge is -2.10. The number of aromatic amines is 1. The number of hydrogen-bond donors (Lipinski definition) is 2. The number of H-pyrrole nitrogens is 1. The molecule has 36 heavy (non-hydrogen) atoms. The fraction of sp³-hybridized carbons (Fsp3) is 0.160. The number of benzene rings is 2. The van der Waals surface area contributed by atoms with Crippen molar-refractivity contribution in [2.75, 3.05) is 13.2 Å². The summed E-state index contributed by atoms with van der Waals surface area (Å²) in [6.07, 6.45) is 2.34. The van der Waals surface area contributed by atoms with Crippen LogP contribution < -0.4 is 26.9 Å². The summed E-state index contributed by atoms with van der Waals surface area (Å²) in [6.45, 7) is 2.53. The maximum atomic E-state index is 14.1. The maximum Gasteiger partial charge on any atom is 0.333 e. The van der Waals surface area contributed by atoms with Gasteiger partial charge in [-0.05, 0) is 43.3 Å². The van der Waals surface area contributed by atoms with Gasteiger partial charge < -0.3 is 15.0 Å². The SMILES string of the molecule is CCOc1ccc(-c2cc(=O)n(CCNC(=O)c3c[nH]c(=O)n(-c4ccccc4F)c3=O)cn2)cc1. The van der Waals surface area contributed by atoms with Crippen molar-refractivity contribution in [2.45, 2.75) is 13.5 Å². The molecule has 0 atom stereocenters. The van der Waals surface area contributed by atoms with Gasteiger partial charge in [-0.2, -0.15) is 0 Å². The van der Waals surface area contributed by atoms with E-state index in [2.05, 4.69) is 15.3 Å². The molecular formula is C25H22FN5O5. The molecule has 0 unspecified atom stereocenters. The molecule has 2 N–H and O–H groups in total. The molecule has 0 bridgehead atoms. The molecule has 1 amide bonds. The van der Waals surface area contributed by atoms with Gasteiger partial charge in [0, 0.05) is 30.9 Å². The lowest BCUT2D eigenvalue weighted by Crippen LogP contribution is -2.40. The molecule has 0 spiro atoms. The van der Waals surface area contributed by atoms with Crippen molar-refractivity contribution in [2.24, 2.45) is 0 Å². The van der Waals surface area contributed by atoms with E-state index < -0.39 is 23.0 Å². The Kier molecular flexibility index (Phi) is 7.19. The minimum absolute atomic E-state index is 0.00108. The van der Waals surface area contributed by atoms with Crippen LogP contribution >= 0.6 is 0 Å². The molecule has 2 aromatic heterocycles. The van der Waals surface area contributed by atoms with Crippen LogP contribution in [-0.2, 0) is 6.54 Å². The van der Waals surface area contributed by atoms with Crippen molar-refractivity contribution in [1.82, 2.24) is 24.4 Å². The number of carbonyl (C=O) groups is 1. The highest BCUT2D eigenvalue weighted by Gasteiger charge is 2.17. The van der Waals surface area contributed by atoms with Gasteiger partial charge in [-0.3, -0.25) is 19.0 Å². The predicted molar refractivity (Wildman–Crippen MR) is 130 cm³/mol. The van der Waals surface area contributed by atoms with Crippen molar-refractivity contribution in [1.29, 1.82) is 0 Å². The van der Waals surface area contributed by atoms with Crippen molar-refractivity contribution < 1.29 is 13.9 Å². The minimum atomic E-state index is -0.972. The fourth-order valence-electron chi connectivity index (χ4n) is 3.51. The Morgan fingerprint density at radius 2 is 1.86 bits per heavy atom. The van der Waals surface area contributed by atoms with E-state index in [1.54, 1.807) is 24.3 Å². The molecule has 0 aliphatic carbocycles. The van der Waals surface area contributed by atoms with Gasteiger partial charge in [0.15, 0.2) is 0 Å². The van der Waals surface area contributed by atoms with Crippen molar-refractivity contribution in [3.8, 4) is 22.7 Å². The molecule has 0 saturated carbocycles. The number of halogens is 1. The van der Waals surface area contributed by atoms with Crippen LogP contribution in [0, 0.1) is 5.82 Å². The zero-order chi connectivity index (χ0) is 25.7. The van der Waals surface area contributed by atoms with Gasteiger partial charge in [-0.25, -0.2) is 18.7 Å². The fourth-order valence-corrected chi connectivity index (χ4v) is 3.51. The average molecular weight is 491 g/mol. The normalized spacial score (nSPS) is 10.7. The lowest BCUT2D eigenvalue weighted by molar-refractivity contribution is 0.0949. The summed E-state index contributed by atoms with van der Waals surface area (Å²) in [6, 6.07) is 13.8. The molecule has 11 heteroatoms. The maximum absolute atomic E-state index is 14.1. The van der Waals surface area contributed by atoms with E-state index in [0.29, 0.717) is 22.6 Å². The summed E-state index contributed by atoms with van der Waals surface area (Å²) in [5, 5.41) is 2.52. The topological polar surface area (TPSA) is 128 Å². The summed E-state index contributed by atoms with van der Waals surface area (Å²) in [7, 11) is 0. The number of ether oxygens (including phenoxy) is 1. The Hall–Kier alpha value is -4.80. The molecule has 4 aromatic rings. The third-order valence-electron chi connectivity index (χ3n) is 5.29. The zero-order valence-corrected chi connectivity index (χ0v) is 19.2. The second-order valence-corrected chi connectivity index (χ2v) is 7.62. The van der Waals surface area contributed by atoms with Crippen LogP contribution in [0.15, 0.2) is 81.5 Å². The quantitative estimate of drug-likeness (QED) is 0.386. The number of carbonyl (C=O) groups excluding carboxylic acids is 1. The second-order valence-electron chi connectivity index (χ2n) is 7.62. The summed E-state index contributed by atoms with van der Waals surface area (Å²) in [5.41, 5.74) is -1.59. The molecular weight excluding hydrogens is 469 g/mol. The molecule has 0 radical (unpaired) electrons. The van der Waals surface area contributed by atoms with Gasteiger partial charge >= 0.3 is 5.69 Å². The molecule has 184 valence electrons.